The van der Waals surface area contributed by atoms with Crippen molar-refractivity contribution < 1.29 is 23.9 Å². The molecule has 172 valence electrons. The molecule has 0 bridgehead atoms. The maximum Gasteiger partial charge on any atom is 0.312 e. The predicted octanol–water partition coefficient (Wildman–Crippen LogP) is 3.58. The number of primary amides is 1. The molecule has 0 atom stereocenters. The lowest BCUT2D eigenvalue weighted by Gasteiger charge is -2.07. The Labute approximate surface area is 198 Å². The number of amides is 2. The molecule has 2 amide bonds. The normalized spacial score (nSPS) is 12.3. The minimum absolute atomic E-state index is 0.0551. The molecule has 3 N–H and O–H groups in total. The van der Waals surface area contributed by atoms with E-state index in [-0.39, 0.29) is 6.42 Å². The third-order valence-corrected chi connectivity index (χ3v) is 7.21. The molecule has 10 heteroatoms. The number of esters is 1. The first-order valence-electron chi connectivity index (χ1n) is 10.5. The minimum atomic E-state index is -0.566. The zero-order valence-corrected chi connectivity index (χ0v) is 19.6. The number of benzene rings is 1. The van der Waals surface area contributed by atoms with Crippen molar-refractivity contribution in [3.63, 3.8) is 0 Å². The summed E-state index contributed by atoms with van der Waals surface area (Å²) in [7, 11) is 0. The van der Waals surface area contributed by atoms with Gasteiger partial charge in [-0.2, -0.15) is 0 Å². The Hall–Kier alpha value is -3.24. The number of hydrogen-bond acceptors (Lipinski definition) is 8. The summed E-state index contributed by atoms with van der Waals surface area (Å²) in [5, 5.41) is 5.60. The Morgan fingerprint density at radius 1 is 1.21 bits per heavy atom. The first-order chi connectivity index (χ1) is 16.0. The number of thiophene rings is 1. The van der Waals surface area contributed by atoms with E-state index in [4.69, 9.17) is 15.2 Å². The van der Waals surface area contributed by atoms with Gasteiger partial charge in [-0.1, -0.05) is 12.1 Å². The second-order valence-electron chi connectivity index (χ2n) is 7.38. The van der Waals surface area contributed by atoms with E-state index in [1.807, 2.05) is 31.2 Å². The van der Waals surface area contributed by atoms with Gasteiger partial charge in [-0.15, -0.1) is 22.7 Å². The fraction of sp³-hybridized carbons (Fsp3) is 0.304. The van der Waals surface area contributed by atoms with E-state index < -0.39 is 24.4 Å². The predicted molar refractivity (Wildman–Crippen MR) is 127 cm³/mol. The van der Waals surface area contributed by atoms with E-state index in [0.29, 0.717) is 22.9 Å². The van der Waals surface area contributed by atoms with Gasteiger partial charge in [0.25, 0.3) is 11.8 Å². The van der Waals surface area contributed by atoms with Gasteiger partial charge in [-0.25, -0.2) is 4.98 Å². The third kappa shape index (κ3) is 5.23. The standard InChI is InChI=1S/C23H23N3O5S2/c1-2-30-16-8-4-3-6-14(16)22-25-13(12-32-22)10-19(28)31-11-18(27)26-23-20(21(24)29)15-7-5-9-17(15)33-23/h3-4,6,8,12H,2,5,7,9-11H2,1H3,(H2,24,29)(H,26,27). The summed E-state index contributed by atoms with van der Waals surface area (Å²) in [6.07, 6.45) is 2.57. The van der Waals surface area contributed by atoms with Crippen molar-refractivity contribution in [2.45, 2.75) is 32.6 Å². The van der Waals surface area contributed by atoms with Crippen LogP contribution in [0.4, 0.5) is 5.00 Å². The Morgan fingerprint density at radius 3 is 2.82 bits per heavy atom. The van der Waals surface area contributed by atoms with Crippen molar-refractivity contribution >= 4 is 45.5 Å². The molecule has 0 unspecified atom stereocenters. The van der Waals surface area contributed by atoms with Gasteiger partial charge in [0.15, 0.2) is 6.61 Å². The molecule has 2 heterocycles. The molecule has 0 fully saturated rings. The summed E-state index contributed by atoms with van der Waals surface area (Å²) >= 11 is 2.76. The number of hydrogen-bond donors (Lipinski definition) is 2. The molecule has 8 nitrogen and oxygen atoms in total. The summed E-state index contributed by atoms with van der Waals surface area (Å²) in [5.41, 5.74) is 8.21. The number of thiazole rings is 1. The lowest BCUT2D eigenvalue weighted by molar-refractivity contribution is -0.146. The van der Waals surface area contributed by atoms with Crippen molar-refractivity contribution in [1.82, 2.24) is 4.98 Å². The van der Waals surface area contributed by atoms with E-state index in [2.05, 4.69) is 10.3 Å². The van der Waals surface area contributed by atoms with Crippen molar-refractivity contribution in [3.05, 3.63) is 51.3 Å². The molecule has 0 aliphatic heterocycles. The van der Waals surface area contributed by atoms with Crippen LogP contribution in [0.2, 0.25) is 0 Å². The largest absolute Gasteiger partial charge is 0.493 e. The number of aromatic nitrogens is 1. The zero-order chi connectivity index (χ0) is 23.4. The molecule has 2 aromatic heterocycles. The number of nitrogens with zero attached hydrogens (tertiary/aromatic N) is 1. The Morgan fingerprint density at radius 2 is 2.03 bits per heavy atom. The average Bonchev–Trinajstić information content (AvgIpc) is 3.49. The van der Waals surface area contributed by atoms with Crippen LogP contribution in [0.15, 0.2) is 29.6 Å². The van der Waals surface area contributed by atoms with Gasteiger partial charge in [0, 0.05) is 10.3 Å². The second kappa shape index (κ2) is 10.1. The molecule has 0 radical (unpaired) electrons. The molecule has 0 spiro atoms. The van der Waals surface area contributed by atoms with Crippen LogP contribution in [0.5, 0.6) is 5.75 Å². The number of fused-ring (bicyclic) bond motifs is 1. The maximum atomic E-state index is 12.3. The van der Waals surface area contributed by atoms with Crippen LogP contribution >= 0.6 is 22.7 Å². The second-order valence-corrected chi connectivity index (χ2v) is 9.35. The lowest BCUT2D eigenvalue weighted by Crippen LogP contribution is -2.23. The molecular weight excluding hydrogens is 462 g/mol. The molecule has 0 saturated carbocycles. The van der Waals surface area contributed by atoms with Crippen LogP contribution in [0.1, 0.15) is 39.8 Å². The van der Waals surface area contributed by atoms with Crippen LogP contribution in [0, 0.1) is 0 Å². The van der Waals surface area contributed by atoms with Crippen LogP contribution < -0.4 is 15.8 Å². The van der Waals surface area contributed by atoms with Crippen molar-refractivity contribution in [2.24, 2.45) is 5.73 Å². The summed E-state index contributed by atoms with van der Waals surface area (Å²) in [4.78, 5) is 41.9. The highest BCUT2D eigenvalue weighted by Gasteiger charge is 2.26. The highest BCUT2D eigenvalue weighted by molar-refractivity contribution is 7.17. The highest BCUT2D eigenvalue weighted by Crippen LogP contribution is 2.38. The molecule has 1 aliphatic carbocycles. The molecule has 33 heavy (non-hydrogen) atoms. The fourth-order valence-electron chi connectivity index (χ4n) is 3.70. The SMILES string of the molecule is CCOc1ccccc1-c1nc(CC(=O)OCC(=O)Nc2sc3c(c2C(N)=O)CCC3)cs1. The smallest absolute Gasteiger partial charge is 0.312 e. The van der Waals surface area contributed by atoms with Gasteiger partial charge in [-0.3, -0.25) is 14.4 Å². The molecule has 3 aromatic rings. The van der Waals surface area contributed by atoms with E-state index in [0.717, 1.165) is 46.0 Å². The summed E-state index contributed by atoms with van der Waals surface area (Å²) < 4.78 is 10.8. The van der Waals surface area contributed by atoms with E-state index >= 15 is 0 Å². The summed E-state index contributed by atoms with van der Waals surface area (Å²) in [6, 6.07) is 7.58. The molecule has 4 rings (SSSR count). The number of anilines is 1. The monoisotopic (exact) mass is 485 g/mol. The molecule has 1 aliphatic rings. The quantitative estimate of drug-likeness (QED) is 0.447. The van der Waals surface area contributed by atoms with E-state index in [1.165, 1.54) is 22.7 Å². The number of para-hydroxylation sites is 1. The summed E-state index contributed by atoms with van der Waals surface area (Å²) in [5.74, 6) is -0.916. The van der Waals surface area contributed by atoms with Gasteiger partial charge in [0.1, 0.15) is 15.8 Å². The number of nitrogens with two attached hydrogens (primary N) is 1. The van der Waals surface area contributed by atoms with Gasteiger partial charge >= 0.3 is 5.97 Å². The fourth-order valence-corrected chi connectivity index (χ4v) is 5.86. The number of aryl methyl sites for hydroxylation is 1. The van der Waals surface area contributed by atoms with Crippen LogP contribution in [0.25, 0.3) is 10.6 Å². The topological polar surface area (TPSA) is 121 Å². The Kier molecular flexibility index (Phi) is 7.05. The average molecular weight is 486 g/mol. The third-order valence-electron chi connectivity index (χ3n) is 5.08. The van der Waals surface area contributed by atoms with E-state index in [9.17, 15) is 14.4 Å². The number of carbonyl (C=O) groups excluding carboxylic acids is 3. The lowest BCUT2D eigenvalue weighted by atomic mass is 10.1. The Bertz CT molecular complexity index is 1200. The highest BCUT2D eigenvalue weighted by atomic mass is 32.1. The number of nitrogens with one attached hydrogen (secondary N) is 1. The van der Waals surface area contributed by atoms with Crippen molar-refractivity contribution in [2.75, 3.05) is 18.5 Å². The van der Waals surface area contributed by atoms with Gasteiger partial charge in [0.2, 0.25) is 0 Å². The van der Waals surface area contributed by atoms with E-state index in [1.54, 1.807) is 5.38 Å². The molecular formula is C23H23N3O5S2. The Balaban J connectivity index is 1.33. The first-order valence-corrected chi connectivity index (χ1v) is 12.2. The van der Waals surface area contributed by atoms with Crippen molar-refractivity contribution in [3.8, 4) is 16.3 Å². The van der Waals surface area contributed by atoms with Gasteiger partial charge in [-0.05, 0) is 43.9 Å². The maximum absolute atomic E-state index is 12.3. The summed E-state index contributed by atoms with van der Waals surface area (Å²) in [6.45, 7) is 2.00. The zero-order valence-electron chi connectivity index (χ0n) is 18.0. The van der Waals surface area contributed by atoms with Crippen LogP contribution in [-0.2, 0) is 33.6 Å². The minimum Gasteiger partial charge on any atom is -0.493 e. The van der Waals surface area contributed by atoms with Gasteiger partial charge < -0.3 is 20.5 Å². The number of carbonyl (C=O) groups is 3. The molecule has 1 aromatic carbocycles. The first kappa shape index (κ1) is 22.9. The van der Waals surface area contributed by atoms with Crippen LogP contribution in [-0.4, -0.2) is 36.0 Å². The number of rotatable bonds is 9. The van der Waals surface area contributed by atoms with Gasteiger partial charge in [0.05, 0.1) is 29.8 Å². The number of ether oxygens (including phenoxy) is 2. The van der Waals surface area contributed by atoms with Crippen LogP contribution in [0.3, 0.4) is 0 Å². The van der Waals surface area contributed by atoms with Crippen molar-refractivity contribution in [1.29, 1.82) is 0 Å². The molecule has 0 saturated heterocycles.